The van der Waals surface area contributed by atoms with E-state index in [-0.39, 0.29) is 12.5 Å². The van der Waals surface area contributed by atoms with Gasteiger partial charge in [-0.25, -0.2) is 4.68 Å². The van der Waals surface area contributed by atoms with Gasteiger partial charge >= 0.3 is 0 Å². The van der Waals surface area contributed by atoms with Crippen LogP contribution in [-0.4, -0.2) is 34.5 Å². The molecule has 2 heterocycles. The monoisotopic (exact) mass is 448 g/mol. The van der Waals surface area contributed by atoms with Crippen molar-refractivity contribution in [3.8, 4) is 11.5 Å². The lowest BCUT2D eigenvalue weighted by Gasteiger charge is -2.12. The molecular formula is C25H28N4O4. The van der Waals surface area contributed by atoms with Gasteiger partial charge in [0.25, 0.3) is 5.56 Å². The van der Waals surface area contributed by atoms with Crippen LogP contribution in [0, 0.1) is 5.92 Å². The molecule has 0 bridgehead atoms. The maximum absolute atomic E-state index is 13.1. The number of rotatable bonds is 8. The number of benzene rings is 2. The molecule has 0 unspecified atom stereocenters. The number of anilines is 1. The number of hydrogen-bond acceptors (Lipinski definition) is 5. The van der Waals surface area contributed by atoms with Gasteiger partial charge in [0.15, 0.2) is 11.5 Å². The first kappa shape index (κ1) is 22.4. The Kier molecular flexibility index (Phi) is 6.35. The second-order valence-electron chi connectivity index (χ2n) is 8.35. The lowest BCUT2D eigenvalue weighted by Crippen LogP contribution is -2.29. The van der Waals surface area contributed by atoms with Crippen molar-refractivity contribution in [3.63, 3.8) is 0 Å². The third kappa shape index (κ3) is 4.41. The molecular weight excluding hydrogens is 420 g/mol. The van der Waals surface area contributed by atoms with Crippen molar-refractivity contribution in [2.45, 2.75) is 33.4 Å². The first-order valence-corrected chi connectivity index (χ1v) is 10.9. The van der Waals surface area contributed by atoms with Gasteiger partial charge in [0, 0.05) is 23.5 Å². The summed E-state index contributed by atoms with van der Waals surface area (Å²) < 4.78 is 14.0. The van der Waals surface area contributed by atoms with E-state index in [0.29, 0.717) is 33.9 Å². The number of nitrogens with one attached hydrogen (secondary N) is 1. The molecule has 1 amide bonds. The van der Waals surface area contributed by atoms with E-state index in [9.17, 15) is 9.59 Å². The average molecular weight is 449 g/mol. The fourth-order valence-electron chi connectivity index (χ4n) is 3.95. The number of ether oxygens (including phenoxy) is 2. The second-order valence-corrected chi connectivity index (χ2v) is 8.35. The molecule has 172 valence electrons. The molecule has 0 aliphatic carbocycles. The topological polar surface area (TPSA) is 87.4 Å². The number of carbonyl (C=O) groups excluding carboxylic acids is 1. The summed E-state index contributed by atoms with van der Waals surface area (Å²) >= 11 is 0. The zero-order valence-electron chi connectivity index (χ0n) is 19.3. The van der Waals surface area contributed by atoms with Crippen LogP contribution in [0.1, 0.15) is 20.3 Å². The van der Waals surface area contributed by atoms with Crippen LogP contribution in [0.3, 0.4) is 0 Å². The van der Waals surface area contributed by atoms with Gasteiger partial charge in [0.1, 0.15) is 6.54 Å². The molecule has 4 rings (SSSR count). The van der Waals surface area contributed by atoms with E-state index in [1.807, 2.05) is 30.5 Å². The number of aryl methyl sites for hydroxylation is 1. The predicted molar refractivity (Wildman–Crippen MR) is 129 cm³/mol. The van der Waals surface area contributed by atoms with Crippen LogP contribution in [0.25, 0.3) is 21.7 Å². The Morgan fingerprint density at radius 1 is 1.12 bits per heavy atom. The van der Waals surface area contributed by atoms with Gasteiger partial charge in [-0.15, -0.1) is 0 Å². The van der Waals surface area contributed by atoms with Crippen LogP contribution in [0.5, 0.6) is 11.5 Å². The number of methoxy groups -OCH3 is 2. The maximum Gasteiger partial charge on any atom is 0.279 e. The van der Waals surface area contributed by atoms with Crippen molar-refractivity contribution in [2.24, 2.45) is 5.92 Å². The SMILES string of the molecule is COc1ccc2cnn(CC(=O)Nc3cccc4c3ccn4CCC(C)C)c(=O)c2c1OC. The molecule has 0 saturated heterocycles. The minimum atomic E-state index is -0.420. The predicted octanol–water partition coefficient (Wildman–Crippen LogP) is 4.05. The Balaban J connectivity index is 1.60. The summed E-state index contributed by atoms with van der Waals surface area (Å²) in [6, 6.07) is 11.3. The Hall–Kier alpha value is -3.81. The van der Waals surface area contributed by atoms with Gasteiger partial charge in [-0.3, -0.25) is 9.59 Å². The number of carbonyl (C=O) groups is 1. The van der Waals surface area contributed by atoms with Crippen LogP contribution >= 0.6 is 0 Å². The minimum absolute atomic E-state index is 0.223. The lowest BCUT2D eigenvalue weighted by atomic mass is 10.1. The fourth-order valence-corrected chi connectivity index (χ4v) is 3.95. The molecule has 0 radical (unpaired) electrons. The summed E-state index contributed by atoms with van der Waals surface area (Å²) in [4.78, 5) is 25.9. The normalized spacial score (nSPS) is 11.3. The van der Waals surface area contributed by atoms with Gasteiger partial charge in [0.05, 0.1) is 37.0 Å². The molecule has 2 aromatic heterocycles. The highest BCUT2D eigenvalue weighted by atomic mass is 16.5. The zero-order valence-corrected chi connectivity index (χ0v) is 19.3. The molecule has 0 fully saturated rings. The van der Waals surface area contributed by atoms with Gasteiger partial charge in [0.2, 0.25) is 5.91 Å². The quantitative estimate of drug-likeness (QED) is 0.439. The van der Waals surface area contributed by atoms with Gasteiger partial charge in [-0.2, -0.15) is 5.10 Å². The van der Waals surface area contributed by atoms with E-state index in [2.05, 4.69) is 28.8 Å². The molecule has 8 nitrogen and oxygen atoms in total. The lowest BCUT2D eigenvalue weighted by molar-refractivity contribution is -0.117. The summed E-state index contributed by atoms with van der Waals surface area (Å²) in [6.45, 7) is 5.09. The molecule has 0 spiro atoms. The Morgan fingerprint density at radius 2 is 1.94 bits per heavy atom. The van der Waals surface area contributed by atoms with Crippen molar-refractivity contribution in [2.75, 3.05) is 19.5 Å². The van der Waals surface area contributed by atoms with E-state index in [4.69, 9.17) is 9.47 Å². The number of hydrogen-bond donors (Lipinski definition) is 1. The van der Waals surface area contributed by atoms with E-state index in [1.54, 1.807) is 18.3 Å². The van der Waals surface area contributed by atoms with Crippen LogP contribution in [0.15, 0.2) is 53.6 Å². The molecule has 0 saturated carbocycles. The zero-order chi connectivity index (χ0) is 23.5. The van der Waals surface area contributed by atoms with E-state index in [0.717, 1.165) is 28.6 Å². The first-order valence-electron chi connectivity index (χ1n) is 10.9. The summed E-state index contributed by atoms with van der Waals surface area (Å²) in [5.74, 6) is 1.03. The molecule has 0 aliphatic heterocycles. The van der Waals surface area contributed by atoms with Crippen LogP contribution in [-0.2, 0) is 17.9 Å². The molecule has 0 atom stereocenters. The maximum atomic E-state index is 13.1. The average Bonchev–Trinajstić information content (AvgIpc) is 3.23. The molecule has 2 aromatic carbocycles. The number of aromatic nitrogens is 3. The summed E-state index contributed by atoms with van der Waals surface area (Å²) in [5.41, 5.74) is 1.34. The fraction of sp³-hybridized carbons (Fsp3) is 0.320. The van der Waals surface area contributed by atoms with Crippen molar-refractivity contribution in [1.82, 2.24) is 14.3 Å². The highest BCUT2D eigenvalue weighted by molar-refractivity contribution is 6.01. The van der Waals surface area contributed by atoms with Crippen LogP contribution < -0.4 is 20.3 Å². The molecule has 4 aromatic rings. The van der Waals surface area contributed by atoms with Gasteiger partial charge in [-0.05, 0) is 42.7 Å². The van der Waals surface area contributed by atoms with Crippen molar-refractivity contribution < 1.29 is 14.3 Å². The highest BCUT2D eigenvalue weighted by Gasteiger charge is 2.16. The molecule has 33 heavy (non-hydrogen) atoms. The van der Waals surface area contributed by atoms with Crippen molar-refractivity contribution in [3.05, 3.63) is 59.1 Å². The molecule has 8 heteroatoms. The third-order valence-corrected chi connectivity index (χ3v) is 5.69. The molecule has 0 aliphatic rings. The Morgan fingerprint density at radius 3 is 2.67 bits per heavy atom. The Bertz CT molecular complexity index is 1370. The summed E-state index contributed by atoms with van der Waals surface area (Å²) in [6.07, 6.45) is 4.66. The third-order valence-electron chi connectivity index (χ3n) is 5.69. The number of amides is 1. The standard InChI is InChI=1S/C25H28N4O4/c1-16(2)10-12-28-13-11-18-19(6-5-7-20(18)28)27-22(30)15-29-25(31)23-17(14-26-29)8-9-21(32-3)24(23)33-4/h5-9,11,13-14,16H,10,12,15H2,1-4H3,(H,27,30). The highest BCUT2D eigenvalue weighted by Crippen LogP contribution is 2.32. The van der Waals surface area contributed by atoms with Crippen LogP contribution in [0.2, 0.25) is 0 Å². The summed E-state index contributed by atoms with van der Waals surface area (Å²) in [5, 5.41) is 8.99. The largest absolute Gasteiger partial charge is 0.493 e. The smallest absolute Gasteiger partial charge is 0.279 e. The van der Waals surface area contributed by atoms with E-state index in [1.165, 1.54) is 14.2 Å². The number of nitrogens with zero attached hydrogens (tertiary/aromatic N) is 3. The van der Waals surface area contributed by atoms with Gasteiger partial charge < -0.3 is 19.4 Å². The number of fused-ring (bicyclic) bond motifs is 2. The van der Waals surface area contributed by atoms with Gasteiger partial charge in [-0.1, -0.05) is 19.9 Å². The van der Waals surface area contributed by atoms with Crippen molar-refractivity contribution in [1.29, 1.82) is 0 Å². The Labute approximate surface area is 191 Å². The minimum Gasteiger partial charge on any atom is -0.493 e. The molecule has 1 N–H and O–H groups in total. The van der Waals surface area contributed by atoms with E-state index >= 15 is 0 Å². The van der Waals surface area contributed by atoms with Crippen LogP contribution in [0.4, 0.5) is 5.69 Å². The second kappa shape index (κ2) is 9.36. The van der Waals surface area contributed by atoms with Crippen molar-refractivity contribution >= 4 is 33.3 Å². The first-order chi connectivity index (χ1) is 15.9. The van der Waals surface area contributed by atoms with E-state index < -0.39 is 5.56 Å². The summed E-state index contributed by atoms with van der Waals surface area (Å²) in [7, 11) is 2.98.